The van der Waals surface area contributed by atoms with Crippen molar-refractivity contribution in [3.63, 3.8) is 0 Å². The average Bonchev–Trinajstić information content (AvgIpc) is 2.82. The summed E-state index contributed by atoms with van der Waals surface area (Å²) in [7, 11) is -4.36. The number of fused-ring (bicyclic) bond motifs is 1. The highest BCUT2D eigenvalue weighted by molar-refractivity contribution is 7.92. The van der Waals surface area contributed by atoms with Gasteiger partial charge in [0.25, 0.3) is 10.0 Å². The summed E-state index contributed by atoms with van der Waals surface area (Å²) in [4.78, 5) is 14.7. The van der Waals surface area contributed by atoms with Gasteiger partial charge in [-0.3, -0.25) is 9.10 Å². The highest BCUT2D eigenvalue weighted by Crippen LogP contribution is 2.38. The fourth-order valence-corrected chi connectivity index (χ4v) is 5.57. The van der Waals surface area contributed by atoms with Crippen molar-refractivity contribution >= 4 is 38.9 Å². The van der Waals surface area contributed by atoms with Gasteiger partial charge in [0.05, 0.1) is 21.2 Å². The smallest absolute Gasteiger partial charge is 0.311 e. The van der Waals surface area contributed by atoms with Crippen molar-refractivity contribution in [2.75, 3.05) is 22.3 Å². The van der Waals surface area contributed by atoms with Gasteiger partial charge in [-0.25, -0.2) is 8.42 Å². The molecule has 0 saturated carbocycles. The van der Waals surface area contributed by atoms with Crippen molar-refractivity contribution in [3.8, 4) is 0 Å². The number of carbonyl (C=O) groups is 1. The molecule has 1 amide bonds. The lowest BCUT2D eigenvalue weighted by Gasteiger charge is -2.32. The van der Waals surface area contributed by atoms with Crippen molar-refractivity contribution in [3.05, 3.63) is 88.9 Å². The van der Waals surface area contributed by atoms with Crippen LogP contribution < -0.4 is 9.21 Å². The van der Waals surface area contributed by atoms with Crippen LogP contribution in [0.1, 0.15) is 17.5 Å². The maximum atomic E-state index is 13.5. The molecule has 0 aromatic heterocycles. The van der Waals surface area contributed by atoms with Crippen LogP contribution in [-0.2, 0) is 27.4 Å². The van der Waals surface area contributed by atoms with Gasteiger partial charge in [-0.15, -0.1) is 0 Å². The van der Waals surface area contributed by atoms with Crippen LogP contribution in [0.3, 0.4) is 0 Å². The minimum atomic E-state index is -4.80. The molecule has 4 rings (SSSR count). The molecule has 0 radical (unpaired) electrons. The third-order valence-corrected chi connectivity index (χ3v) is 7.68. The Labute approximate surface area is 200 Å². The van der Waals surface area contributed by atoms with Crippen LogP contribution in [0.15, 0.2) is 77.7 Å². The number of amides is 1. The summed E-state index contributed by atoms with van der Waals surface area (Å²) >= 11 is 5.74. The molecule has 0 spiro atoms. The molecule has 1 aliphatic rings. The van der Waals surface area contributed by atoms with Gasteiger partial charge >= 0.3 is 6.18 Å². The minimum absolute atomic E-state index is 0.148. The van der Waals surface area contributed by atoms with E-state index in [1.807, 2.05) is 12.1 Å². The number of carbonyl (C=O) groups excluding carboxylic acids is 1. The second-order valence-corrected chi connectivity index (χ2v) is 10.0. The van der Waals surface area contributed by atoms with Crippen LogP contribution in [0.25, 0.3) is 0 Å². The van der Waals surface area contributed by atoms with E-state index in [2.05, 4.69) is 0 Å². The van der Waals surface area contributed by atoms with Crippen LogP contribution in [0, 0.1) is 0 Å². The standard InChI is InChI=1S/C24H20ClF3N2O3S/c25-21-13-12-18(15-20(21)24(26,27)28)30(34(32,33)19-9-2-1-3-10-19)16-23(31)29-14-6-8-17-7-4-5-11-22(17)29/h1-5,7,9-13,15H,6,8,14,16H2. The Bertz CT molecular complexity index is 1310. The third kappa shape index (κ3) is 4.76. The van der Waals surface area contributed by atoms with E-state index in [1.165, 1.54) is 29.2 Å². The van der Waals surface area contributed by atoms with Crippen molar-refractivity contribution in [1.29, 1.82) is 0 Å². The summed E-state index contributed by atoms with van der Waals surface area (Å²) in [6, 6.07) is 17.3. The number of sulfonamides is 1. The lowest BCUT2D eigenvalue weighted by molar-refractivity contribution is -0.137. The number of para-hydroxylation sites is 1. The molecule has 0 fully saturated rings. The molecule has 1 heterocycles. The molecule has 34 heavy (non-hydrogen) atoms. The van der Waals surface area contributed by atoms with Crippen LogP contribution in [-0.4, -0.2) is 27.4 Å². The van der Waals surface area contributed by atoms with E-state index < -0.39 is 39.2 Å². The first-order chi connectivity index (χ1) is 16.1. The van der Waals surface area contributed by atoms with Crippen molar-refractivity contribution in [2.45, 2.75) is 23.9 Å². The third-order valence-electron chi connectivity index (χ3n) is 5.56. The molecule has 0 saturated heterocycles. The predicted molar refractivity (Wildman–Crippen MR) is 125 cm³/mol. The number of rotatable bonds is 5. The van der Waals surface area contributed by atoms with Gasteiger partial charge < -0.3 is 4.90 Å². The topological polar surface area (TPSA) is 57.7 Å². The Morgan fingerprint density at radius 1 is 1.00 bits per heavy atom. The fraction of sp³-hybridized carbons (Fsp3) is 0.208. The van der Waals surface area contributed by atoms with E-state index >= 15 is 0 Å². The largest absolute Gasteiger partial charge is 0.417 e. The summed E-state index contributed by atoms with van der Waals surface area (Å²) in [6.45, 7) is -0.298. The first-order valence-electron chi connectivity index (χ1n) is 10.4. The molecule has 0 bridgehead atoms. The van der Waals surface area contributed by atoms with Crippen LogP contribution in [0.5, 0.6) is 0 Å². The molecule has 5 nitrogen and oxygen atoms in total. The zero-order chi connectivity index (χ0) is 24.5. The zero-order valence-corrected chi connectivity index (χ0v) is 19.4. The van der Waals surface area contributed by atoms with Crippen LogP contribution in [0.2, 0.25) is 5.02 Å². The second kappa shape index (κ2) is 9.31. The molecule has 0 atom stereocenters. The molecule has 3 aromatic rings. The van der Waals surface area contributed by atoms with E-state index in [0.29, 0.717) is 29.0 Å². The average molecular weight is 509 g/mol. The predicted octanol–water partition coefficient (Wildman–Crippen LogP) is 5.53. The van der Waals surface area contributed by atoms with Gasteiger partial charge in [-0.2, -0.15) is 13.2 Å². The Kier molecular flexibility index (Phi) is 6.60. The first-order valence-corrected chi connectivity index (χ1v) is 12.2. The van der Waals surface area contributed by atoms with Crippen LogP contribution in [0.4, 0.5) is 24.5 Å². The monoisotopic (exact) mass is 508 g/mol. The fourth-order valence-electron chi connectivity index (χ4n) is 3.92. The molecular formula is C24H20ClF3N2O3S. The van der Waals surface area contributed by atoms with Crippen molar-refractivity contribution in [2.24, 2.45) is 0 Å². The summed E-state index contributed by atoms with van der Waals surface area (Å²) in [5, 5.41) is -0.565. The number of alkyl halides is 3. The number of hydrogen-bond acceptors (Lipinski definition) is 3. The van der Waals surface area contributed by atoms with E-state index in [4.69, 9.17) is 11.6 Å². The number of nitrogens with zero attached hydrogens (tertiary/aromatic N) is 2. The summed E-state index contributed by atoms with van der Waals surface area (Å²) < 4.78 is 68.2. The van der Waals surface area contributed by atoms with Gasteiger partial charge in [0.2, 0.25) is 5.91 Å². The molecule has 3 aromatic carbocycles. The van der Waals surface area contributed by atoms with Gasteiger partial charge in [0.1, 0.15) is 6.54 Å². The summed E-state index contributed by atoms with van der Waals surface area (Å²) in [5.41, 5.74) is 0.128. The number of hydrogen-bond donors (Lipinski definition) is 0. The zero-order valence-electron chi connectivity index (χ0n) is 17.8. The minimum Gasteiger partial charge on any atom is -0.311 e. The maximum absolute atomic E-state index is 13.5. The normalized spacial score (nSPS) is 13.9. The Hall–Kier alpha value is -3.04. The molecule has 0 aliphatic carbocycles. The lowest BCUT2D eigenvalue weighted by atomic mass is 10.0. The molecule has 0 N–H and O–H groups in total. The van der Waals surface area contributed by atoms with E-state index in [1.54, 1.807) is 18.2 Å². The van der Waals surface area contributed by atoms with E-state index in [-0.39, 0.29) is 10.6 Å². The molecule has 1 aliphatic heterocycles. The Morgan fingerprint density at radius 3 is 2.38 bits per heavy atom. The van der Waals surface area contributed by atoms with Crippen LogP contribution >= 0.6 is 11.6 Å². The Balaban J connectivity index is 1.78. The highest BCUT2D eigenvalue weighted by atomic mass is 35.5. The van der Waals surface area contributed by atoms with Crippen molar-refractivity contribution < 1.29 is 26.4 Å². The molecular weight excluding hydrogens is 489 g/mol. The second-order valence-electron chi connectivity index (χ2n) is 7.76. The van der Waals surface area contributed by atoms with Crippen molar-refractivity contribution in [1.82, 2.24) is 0 Å². The van der Waals surface area contributed by atoms with E-state index in [9.17, 15) is 26.4 Å². The number of halogens is 4. The highest BCUT2D eigenvalue weighted by Gasteiger charge is 2.36. The van der Waals surface area contributed by atoms with Gasteiger partial charge in [-0.05, 0) is 54.8 Å². The van der Waals surface area contributed by atoms with Gasteiger partial charge in [-0.1, -0.05) is 48.0 Å². The number of aryl methyl sites for hydroxylation is 1. The molecule has 10 heteroatoms. The molecule has 0 unspecified atom stereocenters. The maximum Gasteiger partial charge on any atom is 0.417 e. The lowest BCUT2D eigenvalue weighted by Crippen LogP contribution is -2.45. The summed E-state index contributed by atoms with van der Waals surface area (Å²) in [6.07, 6.45) is -3.34. The number of anilines is 2. The Morgan fingerprint density at radius 2 is 1.68 bits per heavy atom. The number of benzene rings is 3. The first kappa shape index (κ1) is 24.1. The molecule has 178 valence electrons. The van der Waals surface area contributed by atoms with Gasteiger partial charge in [0, 0.05) is 12.2 Å². The van der Waals surface area contributed by atoms with E-state index in [0.717, 1.165) is 24.1 Å². The van der Waals surface area contributed by atoms with Gasteiger partial charge in [0.15, 0.2) is 0 Å². The quantitative estimate of drug-likeness (QED) is 0.455. The summed E-state index contributed by atoms with van der Waals surface area (Å²) in [5.74, 6) is -0.546. The SMILES string of the molecule is O=C(CN(c1ccc(Cl)c(C(F)(F)F)c1)S(=O)(=O)c1ccccc1)N1CCCc2ccccc21.